The molecule has 0 fully saturated rings. The lowest BCUT2D eigenvalue weighted by molar-refractivity contribution is 1.06. The molecule has 2 aliphatic heterocycles. The summed E-state index contributed by atoms with van der Waals surface area (Å²) in [6, 6.07) is 10.4. The number of rotatable bonds is 2. The number of hydrogen-bond donors (Lipinski definition) is 0. The number of aromatic nitrogens is 1. The van der Waals surface area contributed by atoms with Gasteiger partial charge in [0.1, 0.15) is 0 Å². The van der Waals surface area contributed by atoms with Crippen LogP contribution in [-0.4, -0.2) is 19.1 Å². The molecule has 28 heavy (non-hydrogen) atoms. The molecule has 0 atom stereocenters. The number of allylic oxidation sites excluding steroid dienone is 3. The van der Waals surface area contributed by atoms with Gasteiger partial charge in [-0.3, -0.25) is 9.98 Å². The van der Waals surface area contributed by atoms with Crippen molar-refractivity contribution < 1.29 is 0 Å². The van der Waals surface area contributed by atoms with Crippen LogP contribution >= 0.6 is 11.3 Å². The maximum atomic E-state index is 4.96. The third kappa shape index (κ3) is 2.98. The lowest BCUT2D eigenvalue weighted by Gasteiger charge is -2.15. The zero-order chi connectivity index (χ0) is 19.1. The first-order valence-electron chi connectivity index (χ1n) is 9.36. The van der Waals surface area contributed by atoms with Crippen LogP contribution in [0.3, 0.4) is 0 Å². The second-order valence-corrected chi connectivity index (χ2v) is 8.19. The summed E-state index contributed by atoms with van der Waals surface area (Å²) in [4.78, 5) is 17.8. The van der Waals surface area contributed by atoms with E-state index in [-0.39, 0.29) is 0 Å². The van der Waals surface area contributed by atoms with Crippen LogP contribution in [0.1, 0.15) is 11.3 Å². The molecule has 0 bridgehead atoms. The van der Waals surface area contributed by atoms with Crippen molar-refractivity contribution in [3.8, 4) is 10.6 Å². The Morgan fingerprint density at radius 3 is 2.75 bits per heavy atom. The zero-order valence-electron chi connectivity index (χ0n) is 15.9. The maximum Gasteiger partial charge on any atom is 0.0937 e. The lowest BCUT2D eigenvalue weighted by atomic mass is 10.0. The number of fused-ring (bicyclic) bond motifs is 4. The van der Waals surface area contributed by atoms with Gasteiger partial charge in [0.15, 0.2) is 0 Å². The minimum atomic E-state index is 0.866. The molecule has 0 spiro atoms. The monoisotopic (exact) mass is 384 g/mol. The van der Waals surface area contributed by atoms with Gasteiger partial charge in [-0.05, 0) is 42.8 Å². The fraction of sp³-hybridized carbons (Fsp3) is 0.174. The van der Waals surface area contributed by atoms with Crippen LogP contribution in [0.15, 0.2) is 64.7 Å². The summed E-state index contributed by atoms with van der Waals surface area (Å²) in [6.45, 7) is 0. The Balaban J connectivity index is 1.76. The normalized spacial score (nSPS) is 15.0. The summed E-state index contributed by atoms with van der Waals surface area (Å²) in [7, 11) is 4.08. The van der Waals surface area contributed by atoms with Gasteiger partial charge in [-0.2, -0.15) is 0 Å². The molecule has 0 aromatic heterocycles. The molecule has 2 heterocycles. The molecular formula is C23H20N4S. The Bertz CT molecular complexity index is 1280. The zero-order valence-corrected chi connectivity index (χ0v) is 16.7. The van der Waals surface area contributed by atoms with E-state index in [1.807, 2.05) is 43.8 Å². The minimum absolute atomic E-state index is 0.866. The average molecular weight is 385 g/mol. The Hall–Kier alpha value is -3.05. The van der Waals surface area contributed by atoms with E-state index < -0.39 is 0 Å². The molecule has 4 nitrogen and oxygen atoms in total. The predicted molar refractivity (Wildman–Crippen MR) is 116 cm³/mol. The second-order valence-electron chi connectivity index (χ2n) is 7.14. The lowest BCUT2D eigenvalue weighted by Crippen LogP contribution is -2.32. The first-order valence-corrected chi connectivity index (χ1v) is 10.2. The van der Waals surface area contributed by atoms with E-state index in [0.29, 0.717) is 0 Å². The molecule has 0 unspecified atom stereocenters. The van der Waals surface area contributed by atoms with Crippen LogP contribution in [0.5, 0.6) is 0 Å². The van der Waals surface area contributed by atoms with Crippen LogP contribution < -0.4 is 20.1 Å². The van der Waals surface area contributed by atoms with Gasteiger partial charge in [-0.25, -0.2) is 4.99 Å². The molecule has 2 aliphatic carbocycles. The molecule has 0 N–H and O–H groups in total. The number of hydrogen-bond acceptors (Lipinski definition) is 5. The van der Waals surface area contributed by atoms with Crippen molar-refractivity contribution in [2.24, 2.45) is 9.98 Å². The molecule has 5 rings (SSSR count). The van der Waals surface area contributed by atoms with Gasteiger partial charge in [-0.1, -0.05) is 18.2 Å². The summed E-state index contributed by atoms with van der Waals surface area (Å²) >= 11 is 1.81. The van der Waals surface area contributed by atoms with E-state index in [2.05, 4.69) is 52.4 Å². The second kappa shape index (κ2) is 6.84. The number of nitrogens with zero attached hydrogens (tertiary/aromatic N) is 4. The maximum absolute atomic E-state index is 4.96. The highest BCUT2D eigenvalue weighted by Gasteiger charge is 2.17. The Labute approximate surface area is 167 Å². The van der Waals surface area contributed by atoms with E-state index in [0.717, 1.165) is 46.3 Å². The predicted octanol–water partition coefficient (Wildman–Crippen LogP) is 3.13. The summed E-state index contributed by atoms with van der Waals surface area (Å²) < 4.78 is 1.25. The molecule has 1 aromatic rings. The van der Waals surface area contributed by atoms with Crippen LogP contribution in [0.4, 0.5) is 11.4 Å². The molecule has 0 radical (unpaired) electrons. The molecule has 1 aromatic carbocycles. The van der Waals surface area contributed by atoms with Crippen molar-refractivity contribution in [1.29, 1.82) is 0 Å². The van der Waals surface area contributed by atoms with Crippen molar-refractivity contribution in [2.45, 2.75) is 12.8 Å². The third-order valence-corrected chi connectivity index (χ3v) is 6.25. The van der Waals surface area contributed by atoms with E-state index in [1.165, 1.54) is 15.0 Å². The Morgan fingerprint density at radius 1 is 1.07 bits per heavy atom. The van der Waals surface area contributed by atoms with Crippen molar-refractivity contribution in [2.75, 3.05) is 19.0 Å². The van der Waals surface area contributed by atoms with E-state index in [1.54, 1.807) is 0 Å². The first-order chi connectivity index (χ1) is 13.7. The van der Waals surface area contributed by atoms with Crippen LogP contribution in [0.25, 0.3) is 16.6 Å². The summed E-state index contributed by atoms with van der Waals surface area (Å²) in [5.41, 5.74) is 5.47. The molecule has 0 saturated carbocycles. The van der Waals surface area contributed by atoms with Gasteiger partial charge < -0.3 is 4.90 Å². The minimum Gasteiger partial charge on any atom is -0.378 e. The van der Waals surface area contributed by atoms with Gasteiger partial charge in [0.2, 0.25) is 0 Å². The average Bonchev–Trinajstić information content (AvgIpc) is 2.73. The van der Waals surface area contributed by atoms with Gasteiger partial charge in [0, 0.05) is 42.5 Å². The largest absolute Gasteiger partial charge is 0.378 e. The van der Waals surface area contributed by atoms with Crippen LogP contribution in [0, 0.1) is 0 Å². The fourth-order valence-corrected chi connectivity index (χ4v) is 4.66. The fourth-order valence-electron chi connectivity index (χ4n) is 3.54. The smallest absolute Gasteiger partial charge is 0.0937 e. The third-order valence-electron chi connectivity index (χ3n) is 5.00. The Morgan fingerprint density at radius 2 is 1.93 bits per heavy atom. The topological polar surface area (TPSA) is 40.9 Å². The van der Waals surface area contributed by atoms with Crippen LogP contribution in [0.2, 0.25) is 0 Å². The molecule has 0 saturated heterocycles. The van der Waals surface area contributed by atoms with Gasteiger partial charge in [0.25, 0.3) is 0 Å². The van der Waals surface area contributed by atoms with Crippen molar-refractivity contribution in [3.05, 3.63) is 81.3 Å². The molecule has 0 amide bonds. The van der Waals surface area contributed by atoms with Gasteiger partial charge >= 0.3 is 0 Å². The summed E-state index contributed by atoms with van der Waals surface area (Å²) in [6.07, 6.45) is 12.2. The van der Waals surface area contributed by atoms with Gasteiger partial charge in [-0.15, -0.1) is 11.3 Å². The quantitative estimate of drug-likeness (QED) is 0.681. The van der Waals surface area contributed by atoms with E-state index >= 15 is 0 Å². The van der Waals surface area contributed by atoms with Crippen molar-refractivity contribution >= 4 is 28.8 Å². The van der Waals surface area contributed by atoms with Gasteiger partial charge in [0.05, 0.1) is 32.7 Å². The number of anilines is 1. The van der Waals surface area contributed by atoms with E-state index in [4.69, 9.17) is 9.98 Å². The van der Waals surface area contributed by atoms with Crippen molar-refractivity contribution in [1.82, 2.24) is 4.98 Å². The molecule has 5 heteroatoms. The van der Waals surface area contributed by atoms with Crippen molar-refractivity contribution in [3.63, 3.8) is 0 Å². The highest BCUT2D eigenvalue weighted by molar-refractivity contribution is 7.13. The van der Waals surface area contributed by atoms with Crippen LogP contribution in [-0.2, 0) is 12.8 Å². The summed E-state index contributed by atoms with van der Waals surface area (Å²) in [5.74, 6) is 0. The molecule has 138 valence electrons. The standard InChI is InChI=1S/C23H20N4S/c1-27(2)16-11-9-15(10-12-16)25-19-14-20-23(17-6-5-13-24-22(17)19)28-21-8-4-3-7-18(21)26-20/h3-5,8-14H,6-7H2,1-2H3. The molecular weight excluding hydrogens is 364 g/mol. The highest BCUT2D eigenvalue weighted by Crippen LogP contribution is 2.26. The first kappa shape index (κ1) is 17.1. The number of benzene rings is 2. The summed E-state index contributed by atoms with van der Waals surface area (Å²) in [5, 5.41) is 1.86. The Kier molecular flexibility index (Phi) is 4.17. The highest BCUT2D eigenvalue weighted by atomic mass is 32.1. The molecule has 4 aliphatic rings. The van der Waals surface area contributed by atoms with E-state index in [9.17, 15) is 0 Å². The SMILES string of the molecule is CN(C)c1ccc(N=c2cc3nc4c(sc-3c3c2=NC=CC3)=CC=CC4)cc1.